The number of allylic oxidation sites excluding steroid dienone is 2. The highest BCUT2D eigenvalue weighted by atomic mass is 16.7. The molecule has 0 aromatic rings. The number of rotatable bonds is 0. The molecule has 2 unspecified atom stereocenters. The van der Waals surface area contributed by atoms with E-state index in [-0.39, 0.29) is 11.5 Å². The zero-order valence-electron chi connectivity index (χ0n) is 6.97. The largest absolute Gasteiger partial charge is 0.469 e. The molecule has 1 spiro atoms. The molecule has 1 fully saturated rings. The highest BCUT2D eigenvalue weighted by Gasteiger charge is 2.47. The molecule has 0 saturated carbocycles. The third-order valence-corrected chi connectivity index (χ3v) is 2.56. The second kappa shape index (κ2) is 2.35. The molecule has 3 rings (SSSR count). The highest BCUT2D eigenvalue weighted by molar-refractivity contribution is 5.72. The van der Waals surface area contributed by atoms with E-state index in [4.69, 9.17) is 14.3 Å². The number of hydrogen-bond donors (Lipinski definition) is 0. The molecule has 0 N–H and O–H groups in total. The Kier molecular flexibility index (Phi) is 1.29. The Morgan fingerprint density at radius 2 is 2.54 bits per heavy atom. The predicted octanol–water partition coefficient (Wildman–Crippen LogP) is 0.815. The lowest BCUT2D eigenvalue weighted by Crippen LogP contribution is -2.38. The summed E-state index contributed by atoms with van der Waals surface area (Å²) in [6, 6.07) is 0. The van der Waals surface area contributed by atoms with Gasteiger partial charge in [0.15, 0.2) is 6.79 Å². The van der Waals surface area contributed by atoms with Crippen molar-refractivity contribution in [1.82, 2.24) is 0 Å². The summed E-state index contributed by atoms with van der Waals surface area (Å²) in [5.41, 5.74) is -0.236. The zero-order chi connectivity index (χ0) is 8.73. The molecule has 0 bridgehead atoms. The molecule has 0 aromatic heterocycles. The van der Waals surface area contributed by atoms with Crippen LogP contribution in [0.4, 0.5) is 0 Å². The number of nitrogens with zero attached hydrogens (tertiary/aromatic N) is 1. The van der Waals surface area contributed by atoms with Crippen LogP contribution in [0.1, 0.15) is 0 Å². The fraction of sp³-hybridized carbons (Fsp3) is 0.444. The Hall–Kier alpha value is -1.29. The maximum Gasteiger partial charge on any atom is 0.189 e. The third-order valence-electron chi connectivity index (χ3n) is 2.56. The van der Waals surface area contributed by atoms with Crippen molar-refractivity contribution in [2.45, 2.75) is 6.10 Å². The molecule has 4 heteroatoms. The summed E-state index contributed by atoms with van der Waals surface area (Å²) in [6.07, 6.45) is 7.67. The summed E-state index contributed by atoms with van der Waals surface area (Å²) in [5, 5.41) is 3.78. The van der Waals surface area contributed by atoms with Crippen LogP contribution in [0.2, 0.25) is 0 Å². The Morgan fingerprint density at radius 3 is 3.38 bits per heavy atom. The second-order valence-electron chi connectivity index (χ2n) is 3.36. The van der Waals surface area contributed by atoms with Gasteiger partial charge in [-0.25, -0.2) is 0 Å². The van der Waals surface area contributed by atoms with Crippen LogP contribution in [0.15, 0.2) is 29.1 Å². The standard InChI is InChI=1S/C9H9NO3/c1-2-7-8(12-6-11-7)9(3-1)4-10-13-5-9/h1-4,8H,5-6H2. The van der Waals surface area contributed by atoms with Crippen molar-refractivity contribution in [2.75, 3.05) is 13.4 Å². The predicted molar refractivity (Wildman–Crippen MR) is 44.9 cm³/mol. The van der Waals surface area contributed by atoms with Crippen LogP contribution < -0.4 is 0 Å². The van der Waals surface area contributed by atoms with Gasteiger partial charge in [0.1, 0.15) is 18.5 Å². The van der Waals surface area contributed by atoms with E-state index < -0.39 is 0 Å². The fourth-order valence-electron chi connectivity index (χ4n) is 1.85. The van der Waals surface area contributed by atoms with Gasteiger partial charge in [0, 0.05) is 0 Å². The zero-order valence-corrected chi connectivity index (χ0v) is 6.97. The Bertz CT molecular complexity index is 321. The normalized spacial score (nSPS) is 40.0. The van der Waals surface area contributed by atoms with Crippen LogP contribution >= 0.6 is 0 Å². The van der Waals surface area contributed by atoms with E-state index in [1.807, 2.05) is 18.2 Å². The molecule has 1 aliphatic carbocycles. The molecule has 13 heavy (non-hydrogen) atoms. The van der Waals surface area contributed by atoms with Crippen molar-refractivity contribution >= 4 is 6.21 Å². The Labute approximate surface area is 75.5 Å². The maximum atomic E-state index is 5.48. The smallest absolute Gasteiger partial charge is 0.189 e. The van der Waals surface area contributed by atoms with Gasteiger partial charge in [-0.1, -0.05) is 17.3 Å². The van der Waals surface area contributed by atoms with Crippen LogP contribution in [0.25, 0.3) is 0 Å². The minimum atomic E-state index is -0.236. The van der Waals surface area contributed by atoms with E-state index >= 15 is 0 Å². The van der Waals surface area contributed by atoms with Crippen LogP contribution in [-0.4, -0.2) is 25.7 Å². The molecule has 2 heterocycles. The van der Waals surface area contributed by atoms with Crippen LogP contribution in [0.5, 0.6) is 0 Å². The number of oxime groups is 1. The molecule has 0 aromatic carbocycles. The van der Waals surface area contributed by atoms with Gasteiger partial charge in [-0.15, -0.1) is 0 Å². The lowest BCUT2D eigenvalue weighted by atomic mass is 9.80. The number of hydrogen-bond acceptors (Lipinski definition) is 4. The van der Waals surface area contributed by atoms with Gasteiger partial charge in [0.2, 0.25) is 0 Å². The highest BCUT2D eigenvalue weighted by Crippen LogP contribution is 2.39. The number of fused-ring (bicyclic) bond motifs is 2. The molecule has 2 aliphatic heterocycles. The lowest BCUT2D eigenvalue weighted by Gasteiger charge is -2.27. The van der Waals surface area contributed by atoms with Gasteiger partial charge in [-0.05, 0) is 6.08 Å². The first-order valence-corrected chi connectivity index (χ1v) is 4.21. The molecule has 2 atom stereocenters. The van der Waals surface area contributed by atoms with Gasteiger partial charge in [0.05, 0.1) is 11.6 Å². The van der Waals surface area contributed by atoms with E-state index in [9.17, 15) is 0 Å². The first-order valence-electron chi connectivity index (χ1n) is 4.21. The van der Waals surface area contributed by atoms with Gasteiger partial charge >= 0.3 is 0 Å². The Morgan fingerprint density at radius 1 is 1.54 bits per heavy atom. The minimum Gasteiger partial charge on any atom is -0.469 e. The Balaban J connectivity index is 2.02. The van der Waals surface area contributed by atoms with E-state index in [0.717, 1.165) is 5.76 Å². The van der Waals surface area contributed by atoms with E-state index in [1.165, 1.54) is 0 Å². The quantitative estimate of drug-likeness (QED) is 0.552. The SMILES string of the molecule is C1=CC2(C=NOC2)C2OCOC2=C1. The van der Waals surface area contributed by atoms with Gasteiger partial charge in [-0.2, -0.15) is 0 Å². The molecule has 0 amide bonds. The molecule has 3 aliphatic rings. The van der Waals surface area contributed by atoms with Crippen molar-refractivity contribution < 1.29 is 14.3 Å². The maximum absolute atomic E-state index is 5.48. The van der Waals surface area contributed by atoms with E-state index in [1.54, 1.807) is 6.21 Å². The van der Waals surface area contributed by atoms with E-state index in [0.29, 0.717) is 13.4 Å². The van der Waals surface area contributed by atoms with Crippen LogP contribution in [-0.2, 0) is 14.3 Å². The monoisotopic (exact) mass is 179 g/mol. The van der Waals surface area contributed by atoms with Crippen molar-refractivity contribution in [2.24, 2.45) is 10.6 Å². The molecular weight excluding hydrogens is 170 g/mol. The summed E-state index contributed by atoms with van der Waals surface area (Å²) in [6.45, 7) is 0.864. The van der Waals surface area contributed by atoms with Gasteiger partial charge < -0.3 is 14.3 Å². The summed E-state index contributed by atoms with van der Waals surface area (Å²) in [5.74, 6) is 0.874. The molecule has 4 nitrogen and oxygen atoms in total. The lowest BCUT2D eigenvalue weighted by molar-refractivity contribution is 0.00976. The average molecular weight is 179 g/mol. The molecule has 1 saturated heterocycles. The van der Waals surface area contributed by atoms with E-state index in [2.05, 4.69) is 5.16 Å². The molecular formula is C9H9NO3. The average Bonchev–Trinajstić information content (AvgIpc) is 2.74. The third kappa shape index (κ3) is 0.862. The molecule has 0 radical (unpaired) electrons. The van der Waals surface area contributed by atoms with Crippen molar-refractivity contribution in [3.8, 4) is 0 Å². The summed E-state index contributed by atoms with van der Waals surface area (Å²) >= 11 is 0. The second-order valence-corrected chi connectivity index (χ2v) is 3.36. The van der Waals surface area contributed by atoms with Crippen molar-refractivity contribution in [3.05, 3.63) is 24.0 Å². The summed E-state index contributed by atoms with van der Waals surface area (Å²) < 4.78 is 10.8. The first-order chi connectivity index (χ1) is 6.41. The van der Waals surface area contributed by atoms with Crippen LogP contribution in [0, 0.1) is 5.41 Å². The first kappa shape index (κ1) is 7.15. The van der Waals surface area contributed by atoms with Gasteiger partial charge in [-0.3, -0.25) is 0 Å². The number of ether oxygens (including phenoxy) is 2. The summed E-state index contributed by atoms with van der Waals surface area (Å²) in [4.78, 5) is 5.00. The van der Waals surface area contributed by atoms with Crippen molar-refractivity contribution in [3.63, 3.8) is 0 Å². The molecule has 68 valence electrons. The minimum absolute atomic E-state index is 0.0521. The topological polar surface area (TPSA) is 40.0 Å². The van der Waals surface area contributed by atoms with Gasteiger partial charge in [0.25, 0.3) is 0 Å². The van der Waals surface area contributed by atoms with Crippen LogP contribution in [0.3, 0.4) is 0 Å². The van der Waals surface area contributed by atoms with Crippen molar-refractivity contribution in [1.29, 1.82) is 0 Å². The fourth-order valence-corrected chi connectivity index (χ4v) is 1.85. The summed E-state index contributed by atoms with van der Waals surface area (Å²) in [7, 11) is 0.